The summed E-state index contributed by atoms with van der Waals surface area (Å²) in [4.78, 5) is 0. The van der Waals surface area contributed by atoms with Gasteiger partial charge >= 0.3 is 0 Å². The summed E-state index contributed by atoms with van der Waals surface area (Å²) >= 11 is 0. The smallest absolute Gasteiger partial charge is 0.169 e. The van der Waals surface area contributed by atoms with E-state index in [0.717, 1.165) is 31.3 Å². The van der Waals surface area contributed by atoms with Gasteiger partial charge in [0.2, 0.25) is 0 Å². The molecule has 2 saturated heterocycles. The molecule has 0 aromatic heterocycles. The summed E-state index contributed by atoms with van der Waals surface area (Å²) in [6, 6.07) is 0.644. The third kappa shape index (κ3) is 3.44. The molecule has 4 heteroatoms. The standard InChI is InChI=1S/C15H27NO2.ClH/c1-11-7-12(2)9-15(8-11)17-10-14(18-15)13-5-3-4-6-16-13;/h11-14,16H,3-10H2,1-2H3;1H. The van der Waals surface area contributed by atoms with Gasteiger partial charge in [0.05, 0.1) is 13.2 Å². The van der Waals surface area contributed by atoms with E-state index in [0.29, 0.717) is 12.1 Å². The highest BCUT2D eigenvalue weighted by Crippen LogP contribution is 2.43. The summed E-state index contributed by atoms with van der Waals surface area (Å²) in [7, 11) is 0. The van der Waals surface area contributed by atoms with Crippen LogP contribution in [0.5, 0.6) is 0 Å². The first-order chi connectivity index (χ1) is 8.67. The van der Waals surface area contributed by atoms with Crippen molar-refractivity contribution in [1.82, 2.24) is 0 Å². The molecule has 19 heavy (non-hydrogen) atoms. The van der Waals surface area contributed by atoms with E-state index >= 15 is 0 Å². The van der Waals surface area contributed by atoms with Gasteiger partial charge in [-0.05, 0) is 31.1 Å². The Kier molecular flexibility index (Phi) is 5.15. The molecule has 4 unspecified atom stereocenters. The van der Waals surface area contributed by atoms with Gasteiger partial charge in [0.15, 0.2) is 5.79 Å². The second kappa shape index (κ2) is 6.30. The molecule has 0 radical (unpaired) electrons. The summed E-state index contributed by atoms with van der Waals surface area (Å²) in [5, 5.41) is 2.48. The lowest BCUT2D eigenvalue weighted by atomic mass is 9.79. The van der Waals surface area contributed by atoms with Crippen LogP contribution < -0.4 is 17.7 Å². The van der Waals surface area contributed by atoms with Crippen LogP contribution in [0.4, 0.5) is 0 Å². The van der Waals surface area contributed by atoms with Gasteiger partial charge in [0.25, 0.3) is 0 Å². The van der Waals surface area contributed by atoms with Crippen molar-refractivity contribution in [1.29, 1.82) is 0 Å². The third-order valence-electron chi connectivity index (χ3n) is 4.94. The van der Waals surface area contributed by atoms with E-state index in [4.69, 9.17) is 9.47 Å². The SMILES string of the molecule is CC1CC(C)CC2(C1)OCC(C1CCCC[NH2+]1)O2.[Cl-]. The fourth-order valence-electron chi connectivity index (χ4n) is 4.31. The average molecular weight is 290 g/mol. The maximum atomic E-state index is 6.42. The molecule has 3 aliphatic rings. The fraction of sp³-hybridized carbons (Fsp3) is 1.00. The molecule has 3 rings (SSSR count). The van der Waals surface area contributed by atoms with Crippen LogP contribution in [-0.4, -0.2) is 31.1 Å². The summed E-state index contributed by atoms with van der Waals surface area (Å²) < 4.78 is 12.6. The molecule has 1 aliphatic carbocycles. The van der Waals surface area contributed by atoms with Crippen LogP contribution in [-0.2, 0) is 9.47 Å². The van der Waals surface area contributed by atoms with Gasteiger partial charge in [-0.1, -0.05) is 13.8 Å². The van der Waals surface area contributed by atoms with Crippen LogP contribution in [0, 0.1) is 11.8 Å². The number of ether oxygens (including phenoxy) is 2. The van der Waals surface area contributed by atoms with E-state index in [9.17, 15) is 0 Å². The number of halogens is 1. The lowest BCUT2D eigenvalue weighted by Gasteiger charge is -2.39. The molecule has 0 bridgehead atoms. The number of piperidine rings is 1. The summed E-state index contributed by atoms with van der Waals surface area (Å²) in [5.74, 6) is 1.25. The largest absolute Gasteiger partial charge is 1.00 e. The molecule has 0 amide bonds. The molecule has 2 aliphatic heterocycles. The second-order valence-corrected chi connectivity index (χ2v) is 6.92. The van der Waals surface area contributed by atoms with E-state index in [-0.39, 0.29) is 18.2 Å². The molecule has 1 spiro atoms. The van der Waals surface area contributed by atoms with Crippen LogP contribution in [0.2, 0.25) is 0 Å². The topological polar surface area (TPSA) is 35.1 Å². The number of nitrogens with two attached hydrogens (primary N) is 1. The molecule has 3 nitrogen and oxygen atoms in total. The normalized spacial score (nSPS) is 47.1. The minimum absolute atomic E-state index is 0. The van der Waals surface area contributed by atoms with E-state index in [2.05, 4.69) is 19.2 Å². The average Bonchev–Trinajstić information content (AvgIpc) is 2.72. The van der Waals surface area contributed by atoms with Gasteiger partial charge in [0.1, 0.15) is 12.1 Å². The summed E-state index contributed by atoms with van der Waals surface area (Å²) in [6.07, 6.45) is 7.89. The van der Waals surface area contributed by atoms with Gasteiger partial charge < -0.3 is 27.2 Å². The van der Waals surface area contributed by atoms with Crippen LogP contribution in [0.15, 0.2) is 0 Å². The molecule has 0 aromatic rings. The van der Waals surface area contributed by atoms with Crippen molar-refractivity contribution in [2.24, 2.45) is 11.8 Å². The number of rotatable bonds is 1. The molecular formula is C15H28ClNO2. The van der Waals surface area contributed by atoms with Gasteiger partial charge in [-0.25, -0.2) is 0 Å². The molecule has 2 heterocycles. The summed E-state index contributed by atoms with van der Waals surface area (Å²) in [5.41, 5.74) is 0. The predicted octanol–water partition coefficient (Wildman–Crippen LogP) is -1.33. The van der Waals surface area contributed by atoms with Crippen molar-refractivity contribution in [2.45, 2.75) is 70.3 Å². The summed E-state index contributed by atoms with van der Waals surface area (Å²) in [6.45, 7) is 6.76. The Morgan fingerprint density at radius 2 is 1.84 bits per heavy atom. The first-order valence-corrected chi connectivity index (χ1v) is 7.82. The highest BCUT2D eigenvalue weighted by atomic mass is 35.5. The van der Waals surface area contributed by atoms with Crippen molar-refractivity contribution >= 4 is 0 Å². The number of hydrogen-bond donors (Lipinski definition) is 1. The Labute approximate surface area is 123 Å². The van der Waals surface area contributed by atoms with Gasteiger partial charge in [-0.3, -0.25) is 0 Å². The zero-order valence-corrected chi connectivity index (χ0v) is 13.0. The maximum Gasteiger partial charge on any atom is 0.169 e. The van der Waals surface area contributed by atoms with E-state index in [1.807, 2.05) is 0 Å². The van der Waals surface area contributed by atoms with Crippen molar-refractivity contribution in [3.05, 3.63) is 0 Å². The lowest BCUT2D eigenvalue weighted by Crippen LogP contribution is -3.00. The Balaban J connectivity index is 0.00000133. The molecule has 1 saturated carbocycles. The first kappa shape index (κ1) is 15.6. The first-order valence-electron chi connectivity index (χ1n) is 7.82. The quantitative estimate of drug-likeness (QED) is 0.650. The second-order valence-electron chi connectivity index (χ2n) is 6.92. The fourth-order valence-corrected chi connectivity index (χ4v) is 4.31. The van der Waals surface area contributed by atoms with Crippen LogP contribution >= 0.6 is 0 Å². The van der Waals surface area contributed by atoms with Crippen LogP contribution in [0.3, 0.4) is 0 Å². The molecule has 2 N–H and O–H groups in total. The Bertz CT molecular complexity index is 284. The minimum Gasteiger partial charge on any atom is -1.00 e. The van der Waals surface area contributed by atoms with Crippen molar-refractivity contribution in [2.75, 3.05) is 13.2 Å². The Hall–Kier alpha value is 0.170. The monoisotopic (exact) mass is 289 g/mol. The highest BCUT2D eigenvalue weighted by molar-refractivity contribution is 4.89. The van der Waals surface area contributed by atoms with Gasteiger partial charge in [-0.15, -0.1) is 0 Å². The minimum atomic E-state index is -0.229. The zero-order chi connectivity index (χ0) is 12.6. The van der Waals surface area contributed by atoms with Gasteiger partial charge in [-0.2, -0.15) is 0 Å². The lowest BCUT2D eigenvalue weighted by molar-refractivity contribution is -0.704. The van der Waals surface area contributed by atoms with E-state index in [1.54, 1.807) is 0 Å². The van der Waals surface area contributed by atoms with E-state index in [1.165, 1.54) is 32.2 Å². The molecule has 4 atom stereocenters. The van der Waals surface area contributed by atoms with Crippen LogP contribution in [0.25, 0.3) is 0 Å². The van der Waals surface area contributed by atoms with E-state index < -0.39 is 0 Å². The van der Waals surface area contributed by atoms with Crippen molar-refractivity contribution in [3.63, 3.8) is 0 Å². The Morgan fingerprint density at radius 1 is 1.11 bits per heavy atom. The predicted molar refractivity (Wildman–Crippen MR) is 70.2 cm³/mol. The highest BCUT2D eigenvalue weighted by Gasteiger charge is 2.48. The number of hydrogen-bond acceptors (Lipinski definition) is 2. The maximum absolute atomic E-state index is 6.42. The molecule has 112 valence electrons. The van der Waals surface area contributed by atoms with Gasteiger partial charge in [0, 0.05) is 19.3 Å². The van der Waals surface area contributed by atoms with Crippen molar-refractivity contribution < 1.29 is 27.2 Å². The molecule has 0 aromatic carbocycles. The molecule has 3 fully saturated rings. The zero-order valence-electron chi connectivity index (χ0n) is 12.2. The number of quaternary nitrogens is 1. The Morgan fingerprint density at radius 3 is 2.47 bits per heavy atom. The van der Waals surface area contributed by atoms with Crippen molar-refractivity contribution in [3.8, 4) is 0 Å². The third-order valence-corrected chi connectivity index (χ3v) is 4.94. The van der Waals surface area contributed by atoms with Crippen LogP contribution in [0.1, 0.15) is 52.4 Å². The molecular weight excluding hydrogens is 262 g/mol.